The van der Waals surface area contributed by atoms with E-state index in [1.54, 1.807) is 6.07 Å². The number of imide groups is 1. The summed E-state index contributed by atoms with van der Waals surface area (Å²) in [6.07, 6.45) is 1.67. The molecule has 3 fully saturated rings. The highest BCUT2D eigenvalue weighted by molar-refractivity contribution is 6.35. The first-order valence-corrected chi connectivity index (χ1v) is 11.7. The summed E-state index contributed by atoms with van der Waals surface area (Å²) in [5, 5.41) is 5.20. The minimum absolute atomic E-state index is 0.151. The van der Waals surface area contributed by atoms with Crippen LogP contribution in [0.1, 0.15) is 18.4 Å². The molecule has 1 N–H and O–H groups in total. The molecule has 7 heteroatoms. The van der Waals surface area contributed by atoms with Crippen LogP contribution in [0.2, 0.25) is 5.02 Å². The normalized spacial score (nSPS) is 30.3. The molecule has 0 unspecified atom stereocenters. The number of hydrogen-bond donors (Lipinski definition) is 1. The first-order chi connectivity index (χ1) is 16.0. The van der Waals surface area contributed by atoms with Gasteiger partial charge in [-0.3, -0.25) is 19.3 Å². The van der Waals surface area contributed by atoms with E-state index in [0.717, 1.165) is 23.6 Å². The molecule has 0 saturated carbocycles. The quantitative estimate of drug-likeness (QED) is 0.562. The van der Waals surface area contributed by atoms with E-state index in [9.17, 15) is 14.4 Å². The van der Waals surface area contributed by atoms with Crippen molar-refractivity contribution in [1.82, 2.24) is 4.90 Å². The lowest BCUT2D eigenvalue weighted by Crippen LogP contribution is -2.54. The Morgan fingerprint density at radius 2 is 1.73 bits per heavy atom. The maximum atomic E-state index is 14.1. The topological polar surface area (TPSA) is 69.7 Å². The number of nitrogens with zero attached hydrogens (tertiary/aromatic N) is 2. The molecule has 33 heavy (non-hydrogen) atoms. The molecule has 0 radical (unpaired) electrons. The Hall–Kier alpha value is -3.22. The van der Waals surface area contributed by atoms with Crippen LogP contribution >= 0.6 is 11.6 Å². The van der Waals surface area contributed by atoms with Crippen molar-refractivity contribution in [1.29, 1.82) is 0 Å². The number of amides is 3. The van der Waals surface area contributed by atoms with Gasteiger partial charge in [-0.2, -0.15) is 0 Å². The van der Waals surface area contributed by atoms with E-state index < -0.39 is 17.4 Å². The summed E-state index contributed by atoms with van der Waals surface area (Å²) in [5.41, 5.74) is 0.638. The predicted molar refractivity (Wildman–Crippen MR) is 125 cm³/mol. The highest BCUT2D eigenvalue weighted by Crippen LogP contribution is 2.61. The minimum atomic E-state index is -1.21. The summed E-state index contributed by atoms with van der Waals surface area (Å²) in [5.74, 6) is -2.12. The molecule has 4 aliphatic heterocycles. The zero-order valence-corrected chi connectivity index (χ0v) is 18.4. The molecule has 1 spiro atoms. The largest absolute Gasteiger partial charge is 0.323 e. The van der Waals surface area contributed by atoms with E-state index in [1.165, 1.54) is 4.90 Å². The van der Waals surface area contributed by atoms with Crippen LogP contribution in [-0.4, -0.2) is 35.2 Å². The van der Waals surface area contributed by atoms with Crippen LogP contribution in [0.15, 0.2) is 60.7 Å². The summed E-state index contributed by atoms with van der Waals surface area (Å²) < 4.78 is 0. The summed E-state index contributed by atoms with van der Waals surface area (Å²) in [7, 11) is 0. The molecule has 0 bridgehead atoms. The molecule has 3 saturated heterocycles. The molecule has 4 heterocycles. The van der Waals surface area contributed by atoms with Crippen LogP contribution in [0.25, 0.3) is 10.8 Å². The number of fused-ring (bicyclic) bond motifs is 8. The molecular formula is C26H20ClN3O3. The van der Waals surface area contributed by atoms with Gasteiger partial charge in [0.25, 0.3) is 5.91 Å². The number of nitrogens with one attached hydrogen (secondary N) is 1. The van der Waals surface area contributed by atoms with Crippen molar-refractivity contribution in [2.24, 2.45) is 11.8 Å². The van der Waals surface area contributed by atoms with Gasteiger partial charge < -0.3 is 5.32 Å². The van der Waals surface area contributed by atoms with E-state index in [1.807, 2.05) is 54.6 Å². The Balaban J connectivity index is 1.46. The molecule has 3 amide bonds. The van der Waals surface area contributed by atoms with Crippen LogP contribution < -0.4 is 10.2 Å². The van der Waals surface area contributed by atoms with Crippen LogP contribution in [0, 0.1) is 11.8 Å². The Morgan fingerprint density at radius 3 is 2.61 bits per heavy atom. The fraction of sp³-hybridized carbons (Fsp3) is 0.269. The van der Waals surface area contributed by atoms with Gasteiger partial charge in [-0.1, -0.05) is 60.1 Å². The number of hydrogen-bond acceptors (Lipinski definition) is 4. The fourth-order valence-corrected chi connectivity index (χ4v) is 7.06. The lowest BCUT2D eigenvalue weighted by Gasteiger charge is -2.36. The minimum Gasteiger partial charge on any atom is -0.323 e. The summed E-state index contributed by atoms with van der Waals surface area (Å²) >= 11 is 6.44. The van der Waals surface area contributed by atoms with Gasteiger partial charge in [0.2, 0.25) is 11.8 Å². The molecule has 0 aromatic heterocycles. The van der Waals surface area contributed by atoms with Gasteiger partial charge in [0, 0.05) is 17.0 Å². The van der Waals surface area contributed by atoms with Crippen LogP contribution in [0.4, 0.5) is 11.4 Å². The Morgan fingerprint density at radius 1 is 0.939 bits per heavy atom. The van der Waals surface area contributed by atoms with Gasteiger partial charge in [0.05, 0.1) is 28.2 Å². The van der Waals surface area contributed by atoms with Gasteiger partial charge in [-0.25, -0.2) is 4.90 Å². The van der Waals surface area contributed by atoms with E-state index in [2.05, 4.69) is 10.2 Å². The van der Waals surface area contributed by atoms with Gasteiger partial charge >= 0.3 is 0 Å². The van der Waals surface area contributed by atoms with Crippen molar-refractivity contribution in [2.75, 3.05) is 16.8 Å². The Bertz CT molecular complexity index is 1400. The van der Waals surface area contributed by atoms with E-state index in [-0.39, 0.29) is 23.8 Å². The van der Waals surface area contributed by atoms with E-state index in [0.29, 0.717) is 28.5 Å². The second kappa shape index (κ2) is 6.43. The molecular weight excluding hydrogens is 438 g/mol. The third-order valence-corrected chi connectivity index (χ3v) is 8.30. The summed E-state index contributed by atoms with van der Waals surface area (Å²) in [6, 6.07) is 18.6. The van der Waals surface area contributed by atoms with Crippen molar-refractivity contribution in [3.8, 4) is 0 Å². The lowest BCUT2D eigenvalue weighted by molar-refractivity contribution is -0.135. The van der Waals surface area contributed by atoms with Gasteiger partial charge in [-0.05, 0) is 36.9 Å². The molecule has 164 valence electrons. The van der Waals surface area contributed by atoms with Crippen molar-refractivity contribution in [3.05, 3.63) is 71.2 Å². The van der Waals surface area contributed by atoms with Crippen molar-refractivity contribution in [3.63, 3.8) is 0 Å². The van der Waals surface area contributed by atoms with Crippen molar-refractivity contribution in [2.45, 2.75) is 24.4 Å². The highest BCUT2D eigenvalue weighted by atomic mass is 35.5. The SMILES string of the molecule is O=C1[C@H]2[C@@H](C(=O)N1c1cccc3ccccc13)[C@]1(C(=O)Nc3c(Cl)cccc31)N1CCC[C@@H]21. The number of halogens is 1. The number of carbonyl (C=O) groups is 3. The first-order valence-electron chi connectivity index (χ1n) is 11.3. The average molecular weight is 458 g/mol. The first kappa shape index (κ1) is 19.3. The van der Waals surface area contributed by atoms with Crippen molar-refractivity contribution >= 4 is 51.5 Å². The molecule has 6 nitrogen and oxygen atoms in total. The molecule has 7 rings (SSSR count). The van der Waals surface area contributed by atoms with Crippen LogP contribution in [0.5, 0.6) is 0 Å². The molecule has 4 atom stereocenters. The van der Waals surface area contributed by atoms with E-state index >= 15 is 0 Å². The number of benzene rings is 3. The van der Waals surface area contributed by atoms with E-state index in [4.69, 9.17) is 11.6 Å². The van der Waals surface area contributed by atoms with Crippen LogP contribution in [0.3, 0.4) is 0 Å². The van der Waals surface area contributed by atoms with Gasteiger partial charge in [0.1, 0.15) is 5.54 Å². The summed E-state index contributed by atoms with van der Waals surface area (Å²) in [4.78, 5) is 45.2. The second-order valence-electron chi connectivity index (χ2n) is 9.30. The second-order valence-corrected chi connectivity index (χ2v) is 9.71. The fourth-order valence-electron chi connectivity index (χ4n) is 6.84. The third kappa shape index (κ3) is 2.16. The average Bonchev–Trinajstić information content (AvgIpc) is 3.53. The lowest BCUT2D eigenvalue weighted by atomic mass is 9.75. The molecule has 4 aliphatic rings. The Kier molecular flexibility index (Phi) is 3.75. The maximum absolute atomic E-state index is 14.1. The zero-order chi connectivity index (χ0) is 22.5. The number of para-hydroxylation sites is 1. The van der Waals surface area contributed by atoms with Gasteiger partial charge in [0.15, 0.2) is 0 Å². The smallest absolute Gasteiger partial charge is 0.250 e. The van der Waals surface area contributed by atoms with Crippen LogP contribution in [-0.2, 0) is 19.9 Å². The summed E-state index contributed by atoms with van der Waals surface area (Å²) in [6.45, 7) is 0.672. The number of carbonyl (C=O) groups excluding carboxylic acids is 3. The Labute approximate surface area is 195 Å². The zero-order valence-electron chi connectivity index (χ0n) is 17.6. The molecule has 3 aromatic carbocycles. The number of rotatable bonds is 1. The molecule has 3 aromatic rings. The highest BCUT2D eigenvalue weighted by Gasteiger charge is 2.74. The predicted octanol–water partition coefficient (Wildman–Crippen LogP) is 3.92. The van der Waals surface area contributed by atoms with Crippen molar-refractivity contribution < 1.29 is 14.4 Å². The van der Waals surface area contributed by atoms with Gasteiger partial charge in [-0.15, -0.1) is 0 Å². The third-order valence-electron chi connectivity index (χ3n) is 7.98. The number of anilines is 2. The standard InChI is InChI=1S/C26H20ClN3O3/c27-17-10-4-9-16-22(17)28-25(33)26(16)21-20(19-12-5-13-29(19)26)23(31)30(24(21)32)18-11-3-7-14-6-1-2-8-15(14)18/h1-4,6-11,19-21H,5,12-13H2,(H,28,33)/t19-,20+,21-,26+/m0/s1. The maximum Gasteiger partial charge on any atom is 0.250 e. The molecule has 0 aliphatic carbocycles. The monoisotopic (exact) mass is 457 g/mol.